The molecule has 0 radical (unpaired) electrons. The Balaban J connectivity index is 1.54. The zero-order chi connectivity index (χ0) is 17.6. The van der Waals surface area contributed by atoms with Gasteiger partial charge < -0.3 is 14.7 Å². The van der Waals surface area contributed by atoms with Crippen LogP contribution in [-0.2, 0) is 16.0 Å². The van der Waals surface area contributed by atoms with E-state index in [0.29, 0.717) is 18.6 Å². The molecule has 4 nitrogen and oxygen atoms in total. The van der Waals surface area contributed by atoms with Crippen LogP contribution in [-0.4, -0.2) is 41.8 Å². The zero-order valence-electron chi connectivity index (χ0n) is 14.0. The molecule has 1 N–H and O–H groups in total. The molecule has 1 heterocycles. The van der Waals surface area contributed by atoms with Crippen molar-refractivity contribution in [2.24, 2.45) is 0 Å². The van der Waals surface area contributed by atoms with Gasteiger partial charge in [-0.15, -0.1) is 0 Å². The lowest BCUT2D eigenvalue weighted by atomic mass is 10.0. The van der Waals surface area contributed by atoms with Crippen molar-refractivity contribution in [3.63, 3.8) is 0 Å². The number of carbonyl (C=O) groups is 1. The number of hydrogen-bond donors (Lipinski definition) is 1. The Morgan fingerprint density at radius 1 is 1.20 bits per heavy atom. The van der Waals surface area contributed by atoms with Crippen LogP contribution in [0, 0.1) is 5.82 Å². The zero-order valence-corrected chi connectivity index (χ0v) is 14.0. The van der Waals surface area contributed by atoms with Crippen molar-refractivity contribution in [2.75, 3.05) is 19.8 Å². The number of aliphatic hydroxyl groups is 1. The Morgan fingerprint density at radius 2 is 2.00 bits per heavy atom. The summed E-state index contributed by atoms with van der Waals surface area (Å²) in [4.78, 5) is 14.1. The average Bonchev–Trinajstić information content (AvgIpc) is 3.01. The van der Waals surface area contributed by atoms with E-state index in [1.807, 2.05) is 30.3 Å². The molecule has 25 heavy (non-hydrogen) atoms. The monoisotopic (exact) mass is 343 g/mol. The lowest BCUT2D eigenvalue weighted by Crippen LogP contribution is -2.34. The molecule has 3 rings (SSSR count). The standard InChI is InChI=1S/C20H22FNO3/c21-17-8-4-7-16(11-17)19-12-18(23)13-22(19)20(24)14-25-10-9-15-5-2-1-3-6-15/h1-8,11,18-19,23H,9-10,12-14H2/t18-,19+/m1/s1. The highest BCUT2D eigenvalue weighted by Gasteiger charge is 2.35. The molecule has 0 aromatic heterocycles. The van der Waals surface area contributed by atoms with E-state index in [-0.39, 0.29) is 30.9 Å². The Labute approximate surface area is 146 Å². The van der Waals surface area contributed by atoms with E-state index >= 15 is 0 Å². The molecule has 1 fully saturated rings. The molecule has 2 aromatic carbocycles. The second kappa shape index (κ2) is 8.23. The van der Waals surface area contributed by atoms with Crippen LogP contribution in [0.2, 0.25) is 0 Å². The second-order valence-corrected chi connectivity index (χ2v) is 6.29. The fourth-order valence-corrected chi connectivity index (χ4v) is 3.20. The van der Waals surface area contributed by atoms with Crippen molar-refractivity contribution < 1.29 is 19.0 Å². The van der Waals surface area contributed by atoms with Gasteiger partial charge in [-0.25, -0.2) is 4.39 Å². The Hall–Kier alpha value is -2.24. The Morgan fingerprint density at radius 3 is 2.76 bits per heavy atom. The number of ether oxygens (including phenoxy) is 1. The number of rotatable bonds is 6. The van der Waals surface area contributed by atoms with E-state index in [2.05, 4.69) is 0 Å². The highest BCUT2D eigenvalue weighted by atomic mass is 19.1. The number of β-amino-alcohol motifs (C(OH)–C–C–N with tert-alkyl or cyclic N) is 1. The van der Waals surface area contributed by atoms with E-state index < -0.39 is 6.10 Å². The van der Waals surface area contributed by atoms with Gasteiger partial charge in [0.15, 0.2) is 0 Å². The highest BCUT2D eigenvalue weighted by Crippen LogP contribution is 2.32. The lowest BCUT2D eigenvalue weighted by molar-refractivity contribution is -0.137. The third kappa shape index (κ3) is 4.65. The number of halogens is 1. The van der Waals surface area contributed by atoms with Crippen LogP contribution in [0.1, 0.15) is 23.6 Å². The lowest BCUT2D eigenvalue weighted by Gasteiger charge is -2.24. The van der Waals surface area contributed by atoms with E-state index in [4.69, 9.17) is 4.74 Å². The maximum atomic E-state index is 13.5. The molecule has 1 aliphatic heterocycles. The molecule has 0 spiro atoms. The highest BCUT2D eigenvalue weighted by molar-refractivity contribution is 5.78. The van der Waals surface area contributed by atoms with Crippen LogP contribution in [0.25, 0.3) is 0 Å². The summed E-state index contributed by atoms with van der Waals surface area (Å²) in [5, 5.41) is 9.94. The SMILES string of the molecule is O=C(COCCc1ccccc1)N1C[C@H](O)C[C@H]1c1cccc(F)c1. The summed E-state index contributed by atoms with van der Waals surface area (Å²) in [7, 11) is 0. The van der Waals surface area contributed by atoms with Gasteiger partial charge in [0.1, 0.15) is 12.4 Å². The van der Waals surface area contributed by atoms with Crippen molar-refractivity contribution in [2.45, 2.75) is 25.0 Å². The number of benzene rings is 2. The summed E-state index contributed by atoms with van der Waals surface area (Å²) in [6.07, 6.45) is 0.560. The molecule has 0 saturated carbocycles. The smallest absolute Gasteiger partial charge is 0.249 e. The first kappa shape index (κ1) is 17.6. The maximum absolute atomic E-state index is 13.5. The number of nitrogens with zero attached hydrogens (tertiary/aromatic N) is 1. The molecule has 1 saturated heterocycles. The third-order valence-electron chi connectivity index (χ3n) is 4.44. The van der Waals surface area contributed by atoms with Gasteiger partial charge in [-0.05, 0) is 36.1 Å². The second-order valence-electron chi connectivity index (χ2n) is 6.29. The van der Waals surface area contributed by atoms with Gasteiger partial charge in [-0.3, -0.25) is 4.79 Å². The third-order valence-corrected chi connectivity index (χ3v) is 4.44. The molecule has 0 unspecified atom stereocenters. The normalized spacial score (nSPS) is 20.0. The van der Waals surface area contributed by atoms with Crippen LogP contribution in [0.5, 0.6) is 0 Å². The minimum Gasteiger partial charge on any atom is -0.391 e. The van der Waals surface area contributed by atoms with Gasteiger partial charge >= 0.3 is 0 Å². The van der Waals surface area contributed by atoms with Crippen molar-refractivity contribution >= 4 is 5.91 Å². The summed E-state index contributed by atoms with van der Waals surface area (Å²) in [5.74, 6) is -0.524. The first-order valence-corrected chi connectivity index (χ1v) is 8.48. The molecule has 0 bridgehead atoms. The molecular formula is C20H22FNO3. The number of aliphatic hydroxyl groups excluding tert-OH is 1. The van der Waals surface area contributed by atoms with Crippen molar-refractivity contribution in [1.82, 2.24) is 4.90 Å². The van der Waals surface area contributed by atoms with Crippen LogP contribution >= 0.6 is 0 Å². The summed E-state index contributed by atoms with van der Waals surface area (Å²) in [6.45, 7) is 0.671. The van der Waals surface area contributed by atoms with Gasteiger partial charge in [0.25, 0.3) is 0 Å². The fourth-order valence-electron chi connectivity index (χ4n) is 3.20. The molecule has 2 atom stereocenters. The quantitative estimate of drug-likeness (QED) is 0.821. The largest absolute Gasteiger partial charge is 0.391 e. The minimum absolute atomic E-state index is 0.0363. The van der Waals surface area contributed by atoms with Crippen LogP contribution in [0.3, 0.4) is 0 Å². The number of carbonyl (C=O) groups excluding carboxylic acids is 1. The van der Waals surface area contributed by atoms with E-state index in [1.54, 1.807) is 17.0 Å². The molecule has 1 aliphatic rings. The number of amides is 1. The van der Waals surface area contributed by atoms with Crippen LogP contribution in [0.15, 0.2) is 54.6 Å². The fraction of sp³-hybridized carbons (Fsp3) is 0.350. The van der Waals surface area contributed by atoms with Gasteiger partial charge in [0, 0.05) is 6.54 Å². The van der Waals surface area contributed by atoms with E-state index in [9.17, 15) is 14.3 Å². The Kier molecular flexibility index (Phi) is 5.79. The molecule has 5 heteroatoms. The predicted molar refractivity (Wildman–Crippen MR) is 92.4 cm³/mol. The van der Waals surface area contributed by atoms with Gasteiger partial charge in [0.05, 0.1) is 18.8 Å². The van der Waals surface area contributed by atoms with Crippen LogP contribution < -0.4 is 0 Å². The maximum Gasteiger partial charge on any atom is 0.249 e. The first-order valence-electron chi connectivity index (χ1n) is 8.48. The number of likely N-dealkylation sites (tertiary alicyclic amines) is 1. The summed E-state index contributed by atoms with van der Waals surface area (Å²) in [6, 6.07) is 15.8. The molecule has 1 amide bonds. The van der Waals surface area contributed by atoms with Crippen LogP contribution in [0.4, 0.5) is 4.39 Å². The van der Waals surface area contributed by atoms with Gasteiger partial charge in [-0.2, -0.15) is 0 Å². The predicted octanol–water partition coefficient (Wildman–Crippen LogP) is 2.72. The van der Waals surface area contributed by atoms with Crippen molar-refractivity contribution in [3.05, 3.63) is 71.5 Å². The molecule has 132 valence electrons. The van der Waals surface area contributed by atoms with E-state index in [1.165, 1.54) is 12.1 Å². The summed E-state index contributed by atoms with van der Waals surface area (Å²) >= 11 is 0. The van der Waals surface area contributed by atoms with E-state index in [0.717, 1.165) is 12.0 Å². The van der Waals surface area contributed by atoms with Gasteiger partial charge in [0.2, 0.25) is 5.91 Å². The molecule has 2 aromatic rings. The topological polar surface area (TPSA) is 49.8 Å². The summed E-state index contributed by atoms with van der Waals surface area (Å²) in [5.41, 5.74) is 1.86. The number of hydrogen-bond acceptors (Lipinski definition) is 3. The minimum atomic E-state index is -0.596. The van der Waals surface area contributed by atoms with Crippen molar-refractivity contribution in [1.29, 1.82) is 0 Å². The average molecular weight is 343 g/mol. The Bertz CT molecular complexity index is 707. The molecule has 0 aliphatic carbocycles. The first-order chi connectivity index (χ1) is 12.1. The molecular weight excluding hydrogens is 321 g/mol. The summed E-state index contributed by atoms with van der Waals surface area (Å²) < 4.78 is 19.0. The van der Waals surface area contributed by atoms with Crippen molar-refractivity contribution in [3.8, 4) is 0 Å². The van der Waals surface area contributed by atoms with Gasteiger partial charge in [-0.1, -0.05) is 42.5 Å².